The van der Waals surface area contributed by atoms with E-state index in [1.165, 1.54) is 12.1 Å². The average molecular weight is 421 g/mol. The van der Waals surface area contributed by atoms with Gasteiger partial charge in [-0.3, -0.25) is 4.90 Å². The van der Waals surface area contributed by atoms with E-state index in [9.17, 15) is 14.3 Å². The first-order valence-electron chi connectivity index (χ1n) is 10.2. The monoisotopic (exact) mass is 421 g/mol. The summed E-state index contributed by atoms with van der Waals surface area (Å²) in [5.41, 5.74) is 2.30. The molecule has 0 spiro atoms. The van der Waals surface area contributed by atoms with Gasteiger partial charge in [-0.05, 0) is 47.5 Å². The number of aromatic nitrogens is 1. The molecule has 1 saturated heterocycles. The van der Waals surface area contributed by atoms with Crippen molar-refractivity contribution < 1.29 is 19.0 Å². The molecule has 7 heteroatoms. The number of rotatable bonds is 7. The number of carboxylic acid groups (broad SMARTS) is 1. The Hall–Kier alpha value is -3.45. The zero-order chi connectivity index (χ0) is 21.6. The Labute approximate surface area is 180 Å². The van der Waals surface area contributed by atoms with E-state index in [1.54, 1.807) is 30.5 Å². The summed E-state index contributed by atoms with van der Waals surface area (Å²) in [6.45, 7) is 4.25. The lowest BCUT2D eigenvalue weighted by Crippen LogP contribution is -2.46. The number of aromatic carboxylic acids is 1. The van der Waals surface area contributed by atoms with E-state index in [0.717, 1.165) is 49.6 Å². The zero-order valence-electron chi connectivity index (χ0n) is 17.1. The van der Waals surface area contributed by atoms with Crippen LogP contribution >= 0.6 is 0 Å². The van der Waals surface area contributed by atoms with Gasteiger partial charge in [-0.1, -0.05) is 24.3 Å². The van der Waals surface area contributed by atoms with Gasteiger partial charge in [0, 0.05) is 38.9 Å². The van der Waals surface area contributed by atoms with E-state index in [1.807, 2.05) is 23.1 Å². The van der Waals surface area contributed by atoms with Gasteiger partial charge in [0.2, 0.25) is 0 Å². The second-order valence-corrected chi connectivity index (χ2v) is 7.51. The van der Waals surface area contributed by atoms with Crippen LogP contribution in [0.1, 0.15) is 21.5 Å². The minimum absolute atomic E-state index is 0.238. The van der Waals surface area contributed by atoms with Gasteiger partial charge in [-0.25, -0.2) is 14.2 Å². The SMILES string of the molecule is O=C(O)c1cccnc1N1CCN(Cc2cccc(OCc3ccc(F)cc3)c2)CC1. The average Bonchev–Trinajstić information content (AvgIpc) is 2.79. The third-order valence-corrected chi connectivity index (χ3v) is 5.31. The van der Waals surface area contributed by atoms with E-state index < -0.39 is 5.97 Å². The van der Waals surface area contributed by atoms with Crippen molar-refractivity contribution in [3.63, 3.8) is 0 Å². The Morgan fingerprint density at radius 1 is 1.00 bits per heavy atom. The van der Waals surface area contributed by atoms with E-state index in [2.05, 4.69) is 16.0 Å². The van der Waals surface area contributed by atoms with Crippen molar-refractivity contribution >= 4 is 11.8 Å². The fourth-order valence-corrected chi connectivity index (χ4v) is 3.67. The molecule has 1 fully saturated rings. The smallest absolute Gasteiger partial charge is 0.339 e. The van der Waals surface area contributed by atoms with Gasteiger partial charge in [-0.2, -0.15) is 0 Å². The van der Waals surface area contributed by atoms with Gasteiger partial charge in [-0.15, -0.1) is 0 Å². The summed E-state index contributed by atoms with van der Waals surface area (Å²) >= 11 is 0. The molecule has 1 N–H and O–H groups in total. The van der Waals surface area contributed by atoms with Crippen LogP contribution in [0.15, 0.2) is 66.9 Å². The molecule has 1 aliphatic heterocycles. The Balaban J connectivity index is 1.32. The molecule has 31 heavy (non-hydrogen) atoms. The van der Waals surface area contributed by atoms with Gasteiger partial charge < -0.3 is 14.7 Å². The summed E-state index contributed by atoms with van der Waals surface area (Å²) in [6.07, 6.45) is 1.63. The molecule has 0 unspecified atom stereocenters. The Morgan fingerprint density at radius 2 is 1.77 bits per heavy atom. The van der Waals surface area contributed by atoms with E-state index in [0.29, 0.717) is 12.4 Å². The largest absolute Gasteiger partial charge is 0.489 e. The molecule has 0 saturated carbocycles. The second kappa shape index (κ2) is 9.57. The second-order valence-electron chi connectivity index (χ2n) is 7.51. The van der Waals surface area contributed by atoms with E-state index in [-0.39, 0.29) is 11.4 Å². The van der Waals surface area contributed by atoms with Crippen LogP contribution in [0.25, 0.3) is 0 Å². The number of pyridine rings is 1. The number of hydrogen-bond acceptors (Lipinski definition) is 5. The summed E-state index contributed by atoms with van der Waals surface area (Å²) < 4.78 is 18.9. The van der Waals surface area contributed by atoms with Gasteiger partial charge in [0.1, 0.15) is 29.6 Å². The predicted molar refractivity (Wildman–Crippen MR) is 116 cm³/mol. The molecule has 160 valence electrons. The van der Waals surface area contributed by atoms with Crippen LogP contribution in [0, 0.1) is 5.82 Å². The van der Waals surface area contributed by atoms with Crippen molar-refractivity contribution in [1.29, 1.82) is 0 Å². The number of halogens is 1. The van der Waals surface area contributed by atoms with Crippen LogP contribution in [0.3, 0.4) is 0 Å². The molecule has 1 aromatic heterocycles. The van der Waals surface area contributed by atoms with Gasteiger partial charge in [0.25, 0.3) is 0 Å². The first-order valence-corrected chi connectivity index (χ1v) is 10.2. The number of ether oxygens (including phenoxy) is 1. The van der Waals surface area contributed by atoms with E-state index >= 15 is 0 Å². The standard InChI is InChI=1S/C24H24FN3O3/c25-20-8-6-18(7-9-20)17-31-21-4-1-3-19(15-21)16-27-11-13-28(14-12-27)23-22(24(29)30)5-2-10-26-23/h1-10,15H,11-14,16-17H2,(H,29,30). The van der Waals surface area contributed by atoms with Crippen molar-refractivity contribution in [2.45, 2.75) is 13.2 Å². The number of anilines is 1. The lowest BCUT2D eigenvalue weighted by atomic mass is 10.1. The lowest BCUT2D eigenvalue weighted by Gasteiger charge is -2.35. The fourth-order valence-electron chi connectivity index (χ4n) is 3.67. The number of carboxylic acids is 1. The first-order chi connectivity index (χ1) is 15.1. The molecular formula is C24H24FN3O3. The molecule has 2 aromatic carbocycles. The van der Waals surface area contributed by atoms with Crippen molar-refractivity contribution in [1.82, 2.24) is 9.88 Å². The summed E-state index contributed by atoms with van der Waals surface area (Å²) in [4.78, 5) is 20.1. The molecule has 6 nitrogen and oxygen atoms in total. The number of piperazine rings is 1. The molecule has 0 aliphatic carbocycles. The summed E-state index contributed by atoms with van der Waals surface area (Å²) in [5.74, 6) is 0.0990. The molecule has 0 atom stereocenters. The third-order valence-electron chi connectivity index (χ3n) is 5.31. The molecule has 4 rings (SSSR count). The Bertz CT molecular complexity index is 1030. The summed E-state index contributed by atoms with van der Waals surface area (Å²) in [7, 11) is 0. The Morgan fingerprint density at radius 3 is 2.52 bits per heavy atom. The quantitative estimate of drug-likeness (QED) is 0.626. The third kappa shape index (κ3) is 5.38. The number of benzene rings is 2. The molecule has 0 radical (unpaired) electrons. The minimum Gasteiger partial charge on any atom is -0.489 e. The molecule has 1 aliphatic rings. The normalized spacial score (nSPS) is 14.4. The minimum atomic E-state index is -0.956. The lowest BCUT2D eigenvalue weighted by molar-refractivity contribution is 0.0697. The molecule has 3 aromatic rings. The topological polar surface area (TPSA) is 65.9 Å². The highest BCUT2D eigenvalue weighted by Gasteiger charge is 2.22. The maximum absolute atomic E-state index is 13.0. The number of nitrogens with zero attached hydrogens (tertiary/aromatic N) is 3. The van der Waals surface area contributed by atoms with Crippen molar-refractivity contribution in [2.24, 2.45) is 0 Å². The highest BCUT2D eigenvalue weighted by atomic mass is 19.1. The zero-order valence-corrected chi connectivity index (χ0v) is 17.1. The highest BCUT2D eigenvalue weighted by molar-refractivity contribution is 5.93. The van der Waals surface area contributed by atoms with Gasteiger partial charge >= 0.3 is 5.97 Å². The van der Waals surface area contributed by atoms with Crippen molar-refractivity contribution in [3.8, 4) is 5.75 Å². The molecular weight excluding hydrogens is 397 g/mol. The molecule has 0 bridgehead atoms. The molecule has 0 amide bonds. The summed E-state index contributed by atoms with van der Waals surface area (Å²) in [5, 5.41) is 9.39. The van der Waals surface area contributed by atoms with Crippen LogP contribution in [0.4, 0.5) is 10.2 Å². The van der Waals surface area contributed by atoms with Crippen LogP contribution in [-0.2, 0) is 13.2 Å². The predicted octanol–water partition coefficient (Wildman–Crippen LogP) is 3.82. The highest BCUT2D eigenvalue weighted by Crippen LogP contribution is 2.21. The maximum Gasteiger partial charge on any atom is 0.339 e. The maximum atomic E-state index is 13.0. The van der Waals surface area contributed by atoms with Crippen molar-refractivity contribution in [2.75, 3.05) is 31.1 Å². The number of carbonyl (C=O) groups is 1. The first kappa shape index (κ1) is 20.8. The summed E-state index contributed by atoms with van der Waals surface area (Å²) in [6, 6.07) is 17.5. The van der Waals surface area contributed by atoms with E-state index in [4.69, 9.17) is 4.74 Å². The van der Waals surface area contributed by atoms with Crippen LogP contribution < -0.4 is 9.64 Å². The van der Waals surface area contributed by atoms with Gasteiger partial charge in [0.05, 0.1) is 0 Å². The van der Waals surface area contributed by atoms with Crippen LogP contribution in [-0.4, -0.2) is 47.1 Å². The van der Waals surface area contributed by atoms with Crippen molar-refractivity contribution in [3.05, 3.63) is 89.4 Å². The van der Waals surface area contributed by atoms with Crippen LogP contribution in [0.2, 0.25) is 0 Å². The van der Waals surface area contributed by atoms with Crippen LogP contribution in [0.5, 0.6) is 5.75 Å². The molecule has 2 heterocycles. The van der Waals surface area contributed by atoms with Gasteiger partial charge in [0.15, 0.2) is 0 Å². The fraction of sp³-hybridized carbons (Fsp3) is 0.250. The number of hydrogen-bond donors (Lipinski definition) is 1. The Kier molecular flexibility index (Phi) is 6.43.